The van der Waals surface area contributed by atoms with Gasteiger partial charge in [-0.25, -0.2) is 4.79 Å². The molecule has 0 amide bonds. The molecule has 0 unspecified atom stereocenters. The van der Waals surface area contributed by atoms with Crippen molar-refractivity contribution in [2.75, 3.05) is 20.8 Å². The average Bonchev–Trinajstić information content (AvgIpc) is 2.75. The van der Waals surface area contributed by atoms with E-state index in [0.717, 1.165) is 37.7 Å². The second-order valence-corrected chi connectivity index (χ2v) is 7.40. The lowest BCUT2D eigenvalue weighted by Crippen LogP contribution is -2.02. The summed E-state index contributed by atoms with van der Waals surface area (Å²) >= 11 is 0. The molecule has 0 radical (unpaired) electrons. The Labute approximate surface area is 181 Å². The van der Waals surface area contributed by atoms with Gasteiger partial charge in [0.1, 0.15) is 0 Å². The van der Waals surface area contributed by atoms with E-state index < -0.39 is 0 Å². The van der Waals surface area contributed by atoms with Crippen LogP contribution in [-0.2, 0) is 14.3 Å². The number of allylic oxidation sites excluding steroid dienone is 1. The zero-order chi connectivity index (χ0) is 22.2. The summed E-state index contributed by atoms with van der Waals surface area (Å²) in [6, 6.07) is 5.45. The molecule has 0 bridgehead atoms. The Bertz CT molecular complexity index is 705. The van der Waals surface area contributed by atoms with Crippen LogP contribution in [-0.4, -0.2) is 32.6 Å². The predicted octanol–water partition coefficient (Wildman–Crippen LogP) is 5.92. The number of hydrogen-bond acceptors (Lipinski definition) is 5. The largest absolute Gasteiger partial charge is 0.493 e. The molecule has 0 heterocycles. The van der Waals surface area contributed by atoms with Crippen molar-refractivity contribution in [2.45, 2.75) is 64.7 Å². The van der Waals surface area contributed by atoms with E-state index in [1.54, 1.807) is 39.4 Å². The first-order valence-corrected chi connectivity index (χ1v) is 10.7. The standard InChI is InChI=1S/C25H36O5/c1-20(2)22(26)13-11-9-7-5-6-8-10-12-18-30-25(27)17-15-21-14-16-23(28-3)24(19-21)29-4/h14-17,19H,1,5-13,18H2,2-4H3/b17-15+. The molecule has 0 aliphatic heterocycles. The van der Waals surface area contributed by atoms with Gasteiger partial charge in [-0.3, -0.25) is 4.79 Å². The Balaban J connectivity index is 2.06. The molecule has 1 aromatic carbocycles. The van der Waals surface area contributed by atoms with Crippen LogP contribution in [0.5, 0.6) is 11.5 Å². The minimum atomic E-state index is -0.339. The van der Waals surface area contributed by atoms with Crippen LogP contribution < -0.4 is 9.47 Å². The topological polar surface area (TPSA) is 61.8 Å². The maximum Gasteiger partial charge on any atom is 0.330 e. The number of ketones is 1. The van der Waals surface area contributed by atoms with Crippen molar-refractivity contribution < 1.29 is 23.8 Å². The van der Waals surface area contributed by atoms with Crippen LogP contribution in [0.15, 0.2) is 36.4 Å². The van der Waals surface area contributed by atoms with Crippen molar-refractivity contribution in [2.24, 2.45) is 0 Å². The Morgan fingerprint density at radius 1 is 0.900 bits per heavy atom. The highest BCUT2D eigenvalue weighted by Gasteiger charge is 2.04. The fraction of sp³-hybridized carbons (Fsp3) is 0.520. The SMILES string of the molecule is C=C(C)C(=O)CCCCCCCCCCOC(=O)/C=C/c1ccc(OC)c(OC)c1. The van der Waals surface area contributed by atoms with E-state index in [-0.39, 0.29) is 11.8 Å². The highest BCUT2D eigenvalue weighted by atomic mass is 16.5. The van der Waals surface area contributed by atoms with Crippen molar-refractivity contribution in [3.63, 3.8) is 0 Å². The van der Waals surface area contributed by atoms with Crippen LogP contribution in [0.1, 0.15) is 70.3 Å². The number of Topliss-reactive ketones (excluding diaryl/α,β-unsaturated/α-hetero) is 1. The average molecular weight is 417 g/mol. The smallest absolute Gasteiger partial charge is 0.330 e. The molecular formula is C25H36O5. The molecule has 0 aliphatic carbocycles. The summed E-state index contributed by atoms with van der Waals surface area (Å²) in [4.78, 5) is 23.3. The molecule has 0 aliphatic rings. The highest BCUT2D eigenvalue weighted by Crippen LogP contribution is 2.27. The summed E-state index contributed by atoms with van der Waals surface area (Å²) in [5.41, 5.74) is 1.50. The lowest BCUT2D eigenvalue weighted by atomic mass is 10.0. The Kier molecular flexibility index (Phi) is 13.0. The van der Waals surface area contributed by atoms with Gasteiger partial charge in [0, 0.05) is 12.5 Å². The minimum absolute atomic E-state index is 0.183. The molecule has 1 aromatic rings. The quantitative estimate of drug-likeness (QED) is 0.190. The number of rotatable bonds is 16. The van der Waals surface area contributed by atoms with Gasteiger partial charge in [-0.15, -0.1) is 0 Å². The first-order chi connectivity index (χ1) is 14.5. The molecule has 0 saturated heterocycles. The number of benzene rings is 1. The monoisotopic (exact) mass is 416 g/mol. The van der Waals surface area contributed by atoms with Crippen LogP contribution >= 0.6 is 0 Å². The number of esters is 1. The Morgan fingerprint density at radius 2 is 1.50 bits per heavy atom. The van der Waals surface area contributed by atoms with E-state index in [9.17, 15) is 9.59 Å². The number of methoxy groups -OCH3 is 2. The van der Waals surface area contributed by atoms with Gasteiger partial charge in [0.2, 0.25) is 0 Å². The summed E-state index contributed by atoms with van der Waals surface area (Å²) in [5, 5.41) is 0. The number of hydrogen-bond donors (Lipinski definition) is 0. The van der Waals surface area contributed by atoms with Gasteiger partial charge >= 0.3 is 5.97 Å². The second kappa shape index (κ2) is 15.3. The minimum Gasteiger partial charge on any atom is -0.493 e. The van der Waals surface area contributed by atoms with Crippen molar-refractivity contribution in [3.8, 4) is 11.5 Å². The van der Waals surface area contributed by atoms with E-state index in [0.29, 0.717) is 30.1 Å². The van der Waals surface area contributed by atoms with E-state index in [2.05, 4.69) is 6.58 Å². The van der Waals surface area contributed by atoms with Crippen LogP contribution in [0.4, 0.5) is 0 Å². The van der Waals surface area contributed by atoms with E-state index in [4.69, 9.17) is 14.2 Å². The first kappa shape index (κ1) is 25.5. The van der Waals surface area contributed by atoms with E-state index >= 15 is 0 Å². The molecule has 0 aromatic heterocycles. The van der Waals surface area contributed by atoms with Crippen molar-refractivity contribution in [3.05, 3.63) is 42.0 Å². The first-order valence-electron chi connectivity index (χ1n) is 10.7. The lowest BCUT2D eigenvalue weighted by Gasteiger charge is -2.07. The van der Waals surface area contributed by atoms with E-state index in [1.165, 1.54) is 25.3 Å². The van der Waals surface area contributed by atoms with Gasteiger partial charge in [-0.1, -0.05) is 51.2 Å². The van der Waals surface area contributed by atoms with E-state index in [1.807, 2.05) is 6.07 Å². The van der Waals surface area contributed by atoms with Gasteiger partial charge in [-0.2, -0.15) is 0 Å². The lowest BCUT2D eigenvalue weighted by molar-refractivity contribution is -0.137. The summed E-state index contributed by atoms with van der Waals surface area (Å²) in [5.74, 6) is 1.11. The fourth-order valence-corrected chi connectivity index (χ4v) is 3.00. The summed E-state index contributed by atoms with van der Waals surface area (Å²) in [6.45, 7) is 5.89. The van der Waals surface area contributed by atoms with Gasteiger partial charge in [-0.05, 0) is 49.1 Å². The maximum atomic E-state index is 11.8. The maximum absolute atomic E-state index is 11.8. The molecule has 0 saturated carbocycles. The van der Waals surface area contributed by atoms with Crippen LogP contribution in [0.25, 0.3) is 6.08 Å². The zero-order valence-electron chi connectivity index (χ0n) is 18.7. The molecule has 0 atom stereocenters. The summed E-state index contributed by atoms with van der Waals surface area (Å²) in [6.07, 6.45) is 12.4. The molecule has 0 spiro atoms. The summed E-state index contributed by atoms with van der Waals surface area (Å²) < 4.78 is 15.7. The third-order valence-corrected chi connectivity index (χ3v) is 4.84. The third kappa shape index (κ3) is 10.8. The zero-order valence-corrected chi connectivity index (χ0v) is 18.7. The normalized spacial score (nSPS) is 10.8. The van der Waals surface area contributed by atoms with Crippen molar-refractivity contribution in [1.82, 2.24) is 0 Å². The highest BCUT2D eigenvalue weighted by molar-refractivity contribution is 5.94. The molecule has 30 heavy (non-hydrogen) atoms. The van der Waals surface area contributed by atoms with Gasteiger partial charge < -0.3 is 14.2 Å². The van der Waals surface area contributed by atoms with Gasteiger partial charge in [0.05, 0.1) is 20.8 Å². The van der Waals surface area contributed by atoms with Crippen LogP contribution in [0.2, 0.25) is 0 Å². The van der Waals surface area contributed by atoms with Crippen molar-refractivity contribution >= 4 is 17.8 Å². The molecule has 5 heteroatoms. The molecule has 5 nitrogen and oxygen atoms in total. The molecule has 0 fully saturated rings. The van der Waals surface area contributed by atoms with Gasteiger partial charge in [0.15, 0.2) is 17.3 Å². The number of unbranched alkanes of at least 4 members (excludes halogenated alkanes) is 7. The summed E-state index contributed by atoms with van der Waals surface area (Å²) in [7, 11) is 3.16. The van der Waals surface area contributed by atoms with Crippen molar-refractivity contribution in [1.29, 1.82) is 0 Å². The second-order valence-electron chi connectivity index (χ2n) is 7.40. The Morgan fingerprint density at radius 3 is 2.10 bits per heavy atom. The van der Waals surface area contributed by atoms with Crippen LogP contribution in [0.3, 0.4) is 0 Å². The van der Waals surface area contributed by atoms with Gasteiger partial charge in [0.25, 0.3) is 0 Å². The van der Waals surface area contributed by atoms with Crippen LogP contribution in [0, 0.1) is 0 Å². The molecular weight excluding hydrogens is 380 g/mol. The fourth-order valence-electron chi connectivity index (χ4n) is 3.00. The Hall–Kier alpha value is -2.56. The number of carbonyl (C=O) groups is 2. The molecule has 166 valence electrons. The number of carbonyl (C=O) groups excluding carboxylic acids is 2. The molecule has 1 rings (SSSR count). The number of ether oxygens (including phenoxy) is 3. The third-order valence-electron chi connectivity index (χ3n) is 4.84. The predicted molar refractivity (Wildman–Crippen MR) is 121 cm³/mol. The molecule has 0 N–H and O–H groups in total.